The summed E-state index contributed by atoms with van der Waals surface area (Å²) in [6.45, 7) is 3.13. The molecule has 1 aromatic carbocycles. The average molecular weight is 326 g/mol. The monoisotopic (exact) mass is 325 g/mol. The van der Waals surface area contributed by atoms with Crippen LogP contribution >= 0.6 is 23.4 Å². The van der Waals surface area contributed by atoms with Crippen LogP contribution in [0.2, 0.25) is 5.02 Å². The molecule has 3 rings (SSSR count). The van der Waals surface area contributed by atoms with E-state index in [9.17, 15) is 0 Å². The van der Waals surface area contributed by atoms with Crippen LogP contribution in [0.4, 0.5) is 0 Å². The normalized spacial score (nSPS) is 29.1. The number of thioether (sulfide) groups is 1. The van der Waals surface area contributed by atoms with Crippen molar-refractivity contribution in [3.8, 4) is 0 Å². The SMILES string of the molecule is CCCC1CC(NC2CCSc3ccc(Cl)cc32)CCO1. The van der Waals surface area contributed by atoms with Crippen LogP contribution < -0.4 is 5.32 Å². The number of hydrogen-bond acceptors (Lipinski definition) is 3. The van der Waals surface area contributed by atoms with E-state index in [1.807, 2.05) is 17.8 Å². The standard InChI is InChI=1S/C17H24ClNOS/c1-2-3-14-11-13(6-8-20-14)19-16-7-9-21-17-5-4-12(18)10-15(16)17/h4-5,10,13-14,16,19H,2-3,6-9,11H2,1H3. The van der Waals surface area contributed by atoms with Gasteiger partial charge in [-0.05, 0) is 55.2 Å². The summed E-state index contributed by atoms with van der Waals surface area (Å²) in [5, 5.41) is 4.72. The number of benzene rings is 1. The fraction of sp³-hybridized carbons (Fsp3) is 0.647. The van der Waals surface area contributed by atoms with Crippen molar-refractivity contribution in [2.24, 2.45) is 0 Å². The average Bonchev–Trinajstić information content (AvgIpc) is 2.49. The topological polar surface area (TPSA) is 21.3 Å². The van der Waals surface area contributed by atoms with E-state index < -0.39 is 0 Å². The van der Waals surface area contributed by atoms with Gasteiger partial charge in [-0.15, -0.1) is 11.8 Å². The molecular weight excluding hydrogens is 302 g/mol. The number of nitrogens with one attached hydrogen (secondary N) is 1. The van der Waals surface area contributed by atoms with Crippen LogP contribution in [-0.2, 0) is 4.74 Å². The molecule has 2 heterocycles. The molecule has 0 spiro atoms. The van der Waals surface area contributed by atoms with E-state index >= 15 is 0 Å². The van der Waals surface area contributed by atoms with Gasteiger partial charge in [-0.1, -0.05) is 24.9 Å². The van der Waals surface area contributed by atoms with Crippen molar-refractivity contribution >= 4 is 23.4 Å². The molecule has 0 aromatic heterocycles. The Labute approximate surface area is 137 Å². The minimum atomic E-state index is 0.443. The van der Waals surface area contributed by atoms with Gasteiger partial charge in [0, 0.05) is 28.6 Å². The van der Waals surface area contributed by atoms with Gasteiger partial charge in [0.1, 0.15) is 0 Å². The van der Waals surface area contributed by atoms with Crippen LogP contribution in [0.15, 0.2) is 23.1 Å². The highest BCUT2D eigenvalue weighted by atomic mass is 35.5. The summed E-state index contributed by atoms with van der Waals surface area (Å²) in [4.78, 5) is 1.39. The Kier molecular flexibility index (Phi) is 5.49. The molecule has 2 aliphatic rings. The lowest BCUT2D eigenvalue weighted by Gasteiger charge is -2.35. The molecule has 4 heteroatoms. The highest BCUT2D eigenvalue weighted by Gasteiger charge is 2.27. The van der Waals surface area contributed by atoms with Crippen LogP contribution in [-0.4, -0.2) is 24.5 Å². The van der Waals surface area contributed by atoms with Crippen molar-refractivity contribution < 1.29 is 4.74 Å². The lowest BCUT2D eigenvalue weighted by molar-refractivity contribution is -0.00521. The zero-order valence-electron chi connectivity index (χ0n) is 12.6. The van der Waals surface area contributed by atoms with E-state index in [2.05, 4.69) is 24.4 Å². The van der Waals surface area contributed by atoms with Gasteiger partial charge in [0.15, 0.2) is 0 Å². The quantitative estimate of drug-likeness (QED) is 0.858. The zero-order valence-corrected chi connectivity index (χ0v) is 14.2. The summed E-state index contributed by atoms with van der Waals surface area (Å²) in [5.41, 5.74) is 1.39. The van der Waals surface area contributed by atoms with Crippen molar-refractivity contribution in [2.75, 3.05) is 12.4 Å². The minimum Gasteiger partial charge on any atom is -0.378 e. The third-order valence-corrected chi connectivity index (χ3v) is 5.78. The number of rotatable bonds is 4. The van der Waals surface area contributed by atoms with Crippen molar-refractivity contribution in [1.29, 1.82) is 0 Å². The van der Waals surface area contributed by atoms with E-state index in [-0.39, 0.29) is 0 Å². The maximum Gasteiger partial charge on any atom is 0.0589 e. The van der Waals surface area contributed by atoms with Crippen LogP contribution in [0, 0.1) is 0 Å². The van der Waals surface area contributed by atoms with Gasteiger partial charge in [0.25, 0.3) is 0 Å². The summed E-state index contributed by atoms with van der Waals surface area (Å²) in [6.07, 6.45) is 6.29. The second-order valence-electron chi connectivity index (χ2n) is 6.04. The van der Waals surface area contributed by atoms with Gasteiger partial charge in [-0.3, -0.25) is 0 Å². The molecule has 116 valence electrons. The second-order valence-corrected chi connectivity index (χ2v) is 7.61. The first-order chi connectivity index (χ1) is 10.3. The van der Waals surface area contributed by atoms with Crippen molar-refractivity contribution in [2.45, 2.75) is 62.1 Å². The lowest BCUT2D eigenvalue weighted by Crippen LogP contribution is -2.41. The van der Waals surface area contributed by atoms with Crippen LogP contribution in [0.3, 0.4) is 0 Å². The number of fused-ring (bicyclic) bond motifs is 1. The molecule has 2 nitrogen and oxygen atoms in total. The van der Waals surface area contributed by atoms with E-state index in [0.717, 1.165) is 24.5 Å². The van der Waals surface area contributed by atoms with Gasteiger partial charge in [0.2, 0.25) is 0 Å². The highest BCUT2D eigenvalue weighted by Crippen LogP contribution is 2.38. The Morgan fingerprint density at radius 2 is 2.29 bits per heavy atom. The maximum atomic E-state index is 6.19. The van der Waals surface area contributed by atoms with E-state index in [1.165, 1.54) is 35.5 Å². The van der Waals surface area contributed by atoms with E-state index in [4.69, 9.17) is 16.3 Å². The predicted octanol–water partition coefficient (Wildman–Crippen LogP) is 4.81. The molecule has 3 atom stereocenters. The molecule has 3 unspecified atom stereocenters. The summed E-state index contributed by atoms with van der Waals surface area (Å²) in [5.74, 6) is 1.19. The molecule has 0 aliphatic carbocycles. The molecule has 21 heavy (non-hydrogen) atoms. The lowest BCUT2D eigenvalue weighted by atomic mass is 9.96. The first kappa shape index (κ1) is 15.7. The number of ether oxygens (including phenoxy) is 1. The fourth-order valence-corrected chi connectivity index (χ4v) is 4.66. The van der Waals surface area contributed by atoms with Gasteiger partial charge in [-0.2, -0.15) is 0 Å². The summed E-state index contributed by atoms with van der Waals surface area (Å²) in [6, 6.07) is 7.34. The molecule has 1 saturated heterocycles. The van der Waals surface area contributed by atoms with Crippen molar-refractivity contribution in [1.82, 2.24) is 5.32 Å². The van der Waals surface area contributed by atoms with Gasteiger partial charge in [-0.25, -0.2) is 0 Å². The minimum absolute atomic E-state index is 0.443. The first-order valence-electron chi connectivity index (χ1n) is 8.06. The third-order valence-electron chi connectivity index (χ3n) is 4.43. The highest BCUT2D eigenvalue weighted by molar-refractivity contribution is 7.99. The fourth-order valence-electron chi connectivity index (χ4n) is 3.38. The molecule has 0 radical (unpaired) electrons. The van der Waals surface area contributed by atoms with Gasteiger partial charge in [0.05, 0.1) is 6.10 Å². The van der Waals surface area contributed by atoms with E-state index in [0.29, 0.717) is 18.2 Å². The van der Waals surface area contributed by atoms with Gasteiger partial charge >= 0.3 is 0 Å². The second kappa shape index (κ2) is 7.36. The maximum absolute atomic E-state index is 6.19. The molecule has 1 fully saturated rings. The van der Waals surface area contributed by atoms with Crippen molar-refractivity contribution in [3.05, 3.63) is 28.8 Å². The smallest absolute Gasteiger partial charge is 0.0589 e. The Balaban J connectivity index is 1.67. The largest absolute Gasteiger partial charge is 0.378 e. The predicted molar refractivity (Wildman–Crippen MR) is 90.3 cm³/mol. The molecule has 2 aliphatic heterocycles. The zero-order chi connectivity index (χ0) is 14.7. The first-order valence-corrected chi connectivity index (χ1v) is 9.42. The Morgan fingerprint density at radius 3 is 3.14 bits per heavy atom. The van der Waals surface area contributed by atoms with Crippen molar-refractivity contribution in [3.63, 3.8) is 0 Å². The molecule has 0 amide bonds. The molecule has 0 saturated carbocycles. The molecular formula is C17H24ClNOS. The van der Waals surface area contributed by atoms with Crippen LogP contribution in [0.25, 0.3) is 0 Å². The molecule has 1 N–H and O–H groups in total. The molecule has 0 bridgehead atoms. The number of hydrogen-bond donors (Lipinski definition) is 1. The Hall–Kier alpha value is -0.220. The Bertz CT molecular complexity index is 480. The van der Waals surface area contributed by atoms with E-state index in [1.54, 1.807) is 0 Å². The molecule has 1 aromatic rings. The van der Waals surface area contributed by atoms with Crippen LogP contribution in [0.5, 0.6) is 0 Å². The summed E-state index contributed by atoms with van der Waals surface area (Å²) in [7, 11) is 0. The summed E-state index contributed by atoms with van der Waals surface area (Å²) < 4.78 is 5.86. The van der Waals surface area contributed by atoms with Crippen LogP contribution in [0.1, 0.15) is 50.6 Å². The summed E-state index contributed by atoms with van der Waals surface area (Å²) >= 11 is 8.14. The number of halogens is 1. The van der Waals surface area contributed by atoms with Gasteiger partial charge < -0.3 is 10.1 Å². The Morgan fingerprint density at radius 1 is 1.38 bits per heavy atom. The third kappa shape index (κ3) is 3.95.